The summed E-state index contributed by atoms with van der Waals surface area (Å²) in [5, 5.41) is 18.1. The summed E-state index contributed by atoms with van der Waals surface area (Å²) in [7, 11) is 0. The van der Waals surface area contributed by atoms with Gasteiger partial charge in [-0.2, -0.15) is 0 Å². The summed E-state index contributed by atoms with van der Waals surface area (Å²) >= 11 is 0. The Hall–Kier alpha value is -5.95. The Kier molecular flexibility index (Phi) is 17.7. The Balaban J connectivity index is 1.18. The number of amides is 4. The highest BCUT2D eigenvalue weighted by molar-refractivity contribution is 5.86. The zero-order chi connectivity index (χ0) is 42.7. The molecule has 1 aliphatic carbocycles. The number of carbonyl (C=O) groups is 5. The van der Waals surface area contributed by atoms with Crippen LogP contribution >= 0.6 is 0 Å². The smallest absolute Gasteiger partial charge is 0.407 e. The molecular weight excluding hydrogens is 765 g/mol. The number of alkyl carbamates (subject to hydrolysis) is 2. The number of benzene rings is 3. The second-order valence-corrected chi connectivity index (χ2v) is 15.2. The summed E-state index contributed by atoms with van der Waals surface area (Å²) in [5.74, 6) is -2.20. The Labute approximate surface area is 352 Å². The predicted molar refractivity (Wildman–Crippen MR) is 228 cm³/mol. The van der Waals surface area contributed by atoms with Crippen molar-refractivity contribution in [2.75, 3.05) is 32.9 Å². The molecule has 0 radical (unpaired) electrons. The minimum atomic E-state index is -1.05. The van der Waals surface area contributed by atoms with Gasteiger partial charge in [0.25, 0.3) is 0 Å². The van der Waals surface area contributed by atoms with Crippen molar-refractivity contribution in [3.8, 4) is 11.1 Å². The maximum Gasteiger partial charge on any atom is 0.407 e. The number of aliphatic hydroxyl groups is 1. The molecule has 2 aliphatic rings. The Morgan fingerprint density at radius 2 is 1.52 bits per heavy atom. The Morgan fingerprint density at radius 3 is 2.20 bits per heavy atom. The molecular formula is C47H58N4O9. The van der Waals surface area contributed by atoms with E-state index in [4.69, 9.17) is 14.2 Å². The van der Waals surface area contributed by atoms with Gasteiger partial charge in [0.15, 0.2) is 0 Å². The lowest BCUT2D eigenvalue weighted by atomic mass is 9.98. The first-order valence-corrected chi connectivity index (χ1v) is 20.9. The van der Waals surface area contributed by atoms with Crippen molar-refractivity contribution in [3.05, 3.63) is 121 Å². The highest BCUT2D eigenvalue weighted by Crippen LogP contribution is 2.44. The molecule has 3 aromatic carbocycles. The van der Waals surface area contributed by atoms with E-state index in [0.29, 0.717) is 45.2 Å². The fourth-order valence-electron chi connectivity index (χ4n) is 7.76. The van der Waals surface area contributed by atoms with Crippen molar-refractivity contribution in [3.63, 3.8) is 0 Å². The summed E-state index contributed by atoms with van der Waals surface area (Å²) in [6, 6.07) is 23.4. The molecule has 4 N–H and O–H groups in total. The van der Waals surface area contributed by atoms with Crippen molar-refractivity contribution in [2.45, 2.75) is 88.4 Å². The number of ether oxygens (including phenoxy) is 3. The van der Waals surface area contributed by atoms with Crippen molar-refractivity contribution in [1.29, 1.82) is 0 Å². The van der Waals surface area contributed by atoms with Gasteiger partial charge in [0.1, 0.15) is 25.9 Å². The van der Waals surface area contributed by atoms with Gasteiger partial charge in [0.05, 0.1) is 24.6 Å². The van der Waals surface area contributed by atoms with Crippen molar-refractivity contribution >= 4 is 30.0 Å². The number of hydrogen-bond donors (Lipinski definition) is 4. The molecule has 13 nitrogen and oxygen atoms in total. The van der Waals surface area contributed by atoms with Gasteiger partial charge >= 0.3 is 18.2 Å². The minimum absolute atomic E-state index is 0.0659. The number of fused-ring (bicyclic) bond motifs is 3. The number of esters is 1. The topological polar surface area (TPSA) is 173 Å². The third-order valence-electron chi connectivity index (χ3n) is 11.0. The number of rotatable bonds is 23. The largest absolute Gasteiger partial charge is 0.462 e. The van der Waals surface area contributed by atoms with Crippen molar-refractivity contribution in [1.82, 2.24) is 20.9 Å². The van der Waals surface area contributed by atoms with E-state index < -0.39 is 42.1 Å². The van der Waals surface area contributed by atoms with Gasteiger partial charge in [-0.25, -0.2) is 14.4 Å². The molecule has 4 atom stereocenters. The van der Waals surface area contributed by atoms with E-state index >= 15 is 0 Å². The molecule has 0 bridgehead atoms. The van der Waals surface area contributed by atoms with E-state index in [0.717, 1.165) is 34.2 Å². The maximum atomic E-state index is 13.7. The van der Waals surface area contributed by atoms with Crippen LogP contribution in [0.4, 0.5) is 9.59 Å². The van der Waals surface area contributed by atoms with E-state index in [1.165, 1.54) is 0 Å². The van der Waals surface area contributed by atoms with E-state index in [-0.39, 0.29) is 63.6 Å². The highest BCUT2D eigenvalue weighted by Gasteiger charge is 2.33. The summed E-state index contributed by atoms with van der Waals surface area (Å²) in [6.07, 6.45) is 5.66. The fraction of sp³-hybridized carbons (Fsp3) is 0.426. The van der Waals surface area contributed by atoms with Crippen LogP contribution < -0.4 is 16.0 Å². The predicted octanol–water partition coefficient (Wildman–Crippen LogP) is 6.55. The molecule has 4 amide bonds. The first kappa shape index (κ1) is 45.1. The highest BCUT2D eigenvalue weighted by atomic mass is 16.6. The normalized spacial score (nSPS) is 15.7. The number of allylic oxidation sites excluding steroid dienone is 2. The number of carbonyl (C=O) groups excluding carboxylic acids is 5. The van der Waals surface area contributed by atoms with Crippen LogP contribution in [0.15, 0.2) is 104 Å². The van der Waals surface area contributed by atoms with Gasteiger partial charge in [-0.3, -0.25) is 9.59 Å². The molecule has 320 valence electrons. The van der Waals surface area contributed by atoms with Gasteiger partial charge < -0.3 is 40.2 Å². The average Bonchev–Trinajstić information content (AvgIpc) is 3.88. The van der Waals surface area contributed by atoms with Crippen LogP contribution in [0.1, 0.15) is 80.4 Å². The maximum absolute atomic E-state index is 13.7. The van der Waals surface area contributed by atoms with Crippen LogP contribution in [0.25, 0.3) is 11.1 Å². The van der Waals surface area contributed by atoms with Gasteiger partial charge in [-0.05, 0) is 79.2 Å². The molecule has 1 saturated heterocycles. The minimum Gasteiger partial charge on any atom is -0.462 e. The molecule has 5 rings (SSSR count). The van der Waals surface area contributed by atoms with Crippen molar-refractivity contribution in [2.24, 2.45) is 5.92 Å². The lowest BCUT2D eigenvalue weighted by Crippen LogP contribution is -2.46. The Morgan fingerprint density at radius 1 is 0.817 bits per heavy atom. The summed E-state index contributed by atoms with van der Waals surface area (Å²) < 4.78 is 16.8. The van der Waals surface area contributed by atoms with Crippen LogP contribution in [0, 0.1) is 5.92 Å². The number of likely N-dealkylation sites (tertiary alicyclic amines) is 1. The molecule has 0 aromatic heterocycles. The lowest BCUT2D eigenvalue weighted by molar-refractivity contribution is -0.147. The summed E-state index contributed by atoms with van der Waals surface area (Å²) in [5.41, 5.74) is 5.18. The van der Waals surface area contributed by atoms with Crippen molar-refractivity contribution < 1.29 is 43.3 Å². The second kappa shape index (κ2) is 23.6. The van der Waals surface area contributed by atoms with Gasteiger partial charge in [0, 0.05) is 25.4 Å². The Bertz CT molecular complexity index is 1880. The van der Waals surface area contributed by atoms with Gasteiger partial charge in [-0.15, -0.1) is 13.2 Å². The number of hydrogen-bond acceptors (Lipinski definition) is 9. The number of nitrogens with zero attached hydrogens (tertiary/aromatic N) is 1. The van der Waals surface area contributed by atoms with Crippen LogP contribution in [0.5, 0.6) is 0 Å². The first-order chi connectivity index (χ1) is 29.2. The second-order valence-electron chi connectivity index (χ2n) is 15.2. The van der Waals surface area contributed by atoms with Crippen LogP contribution in [0.3, 0.4) is 0 Å². The van der Waals surface area contributed by atoms with Crippen LogP contribution in [-0.4, -0.2) is 91.0 Å². The third-order valence-corrected chi connectivity index (χ3v) is 11.0. The van der Waals surface area contributed by atoms with Crippen LogP contribution in [0.2, 0.25) is 0 Å². The molecule has 60 heavy (non-hydrogen) atoms. The summed E-state index contributed by atoms with van der Waals surface area (Å²) in [4.78, 5) is 67.7. The molecule has 1 aliphatic heterocycles. The monoisotopic (exact) mass is 822 g/mol. The van der Waals surface area contributed by atoms with E-state index in [1.807, 2.05) is 78.9 Å². The number of aliphatic hydroxyl groups excluding tert-OH is 1. The molecule has 1 heterocycles. The number of unbranched alkanes of at least 4 members (excludes halogenated alkanes) is 1. The van der Waals surface area contributed by atoms with Crippen LogP contribution in [-0.2, 0) is 35.2 Å². The first-order valence-electron chi connectivity index (χ1n) is 20.9. The fourth-order valence-corrected chi connectivity index (χ4v) is 7.76. The quantitative estimate of drug-likeness (QED) is 0.0358. The molecule has 1 fully saturated rings. The molecule has 0 saturated carbocycles. The zero-order valence-electron chi connectivity index (χ0n) is 34.2. The standard InChI is InChI=1S/C47H58N4O9/c1-3-5-25-42(50-47(57)60-32-41-39-23-11-9-21-37(39)38-22-10-12-24-40(38)41)45(55)58-31-35(19-13-14-26-48-46(56)59-30-33-17-7-6-8-18-33)49-44(54)34(16-4-2)28-43(53)51-27-15-20-36(51)29-52/h3-4,6-12,17-18,21-24,34-36,41-42,52H,1-2,5,13-16,19-20,25-32H2,(H,48,56)(H,49,54)(H,50,57)/t34-,35+,36+,42+/m1/s1. The molecule has 0 spiro atoms. The molecule has 3 aromatic rings. The summed E-state index contributed by atoms with van der Waals surface area (Å²) in [6.45, 7) is 8.25. The molecule has 13 heteroatoms. The van der Waals surface area contributed by atoms with E-state index in [1.54, 1.807) is 17.1 Å². The van der Waals surface area contributed by atoms with E-state index in [9.17, 15) is 29.1 Å². The van der Waals surface area contributed by atoms with Gasteiger partial charge in [-0.1, -0.05) is 91.0 Å². The van der Waals surface area contributed by atoms with E-state index in [2.05, 4.69) is 29.1 Å². The SMILES string of the molecule is C=CCC[C@H](NC(=O)OCC1c2ccccc2-c2ccccc21)C(=O)OC[C@H](CCCCNC(=O)OCc1ccccc1)NC(=O)[C@H](CC=C)CC(=O)N1CCC[C@H]1CO. The zero-order valence-corrected chi connectivity index (χ0v) is 34.2. The average molecular weight is 823 g/mol. The number of nitrogens with one attached hydrogen (secondary N) is 3. The third kappa shape index (κ3) is 13.0. The lowest BCUT2D eigenvalue weighted by Gasteiger charge is -2.26. The molecule has 0 unspecified atom stereocenters. The van der Waals surface area contributed by atoms with Gasteiger partial charge in [0.2, 0.25) is 11.8 Å².